The van der Waals surface area contributed by atoms with Crippen molar-refractivity contribution in [3.05, 3.63) is 0 Å². The first kappa shape index (κ1) is 15.9. The fraction of sp³-hybridized carbons (Fsp3) is 0.917. The maximum Gasteiger partial charge on any atom is 0.243 e. The summed E-state index contributed by atoms with van der Waals surface area (Å²) in [5.74, 6) is -0.269. The smallest absolute Gasteiger partial charge is 0.243 e. The lowest BCUT2D eigenvalue weighted by Crippen LogP contribution is -2.17. The molecule has 0 spiro atoms. The van der Waals surface area contributed by atoms with E-state index in [1.165, 1.54) is 44.9 Å². The zero-order valence-electron chi connectivity index (χ0n) is 10.0. The number of carbonyl (C=O) groups excluding carboxylic acids is 1. The lowest BCUT2D eigenvalue weighted by Gasteiger charge is -2.01. The van der Waals surface area contributed by atoms with Gasteiger partial charge in [-0.15, -0.1) is 0 Å². The van der Waals surface area contributed by atoms with Gasteiger partial charge in [-0.1, -0.05) is 60.9 Å². The number of carbonyl (C=O) groups is 1. The number of nitrogens with one attached hydrogen (secondary N) is 1. The summed E-state index contributed by atoms with van der Waals surface area (Å²) in [5, 5.41) is 9.40. The van der Waals surface area contributed by atoms with Crippen molar-refractivity contribution < 1.29 is 10.0 Å². The van der Waals surface area contributed by atoms with Gasteiger partial charge in [-0.2, -0.15) is 0 Å². The maximum atomic E-state index is 10.7. The van der Waals surface area contributed by atoms with Gasteiger partial charge < -0.3 is 0 Å². The van der Waals surface area contributed by atoms with Crippen LogP contribution >= 0.6 is 15.9 Å². The van der Waals surface area contributed by atoms with E-state index >= 15 is 0 Å². The highest BCUT2D eigenvalue weighted by Gasteiger charge is 1.98. The molecule has 0 radical (unpaired) electrons. The Labute approximate surface area is 107 Å². The summed E-state index contributed by atoms with van der Waals surface area (Å²) in [6.07, 6.45) is 11.5. The molecule has 0 aromatic heterocycles. The first-order valence-electron chi connectivity index (χ1n) is 6.30. The summed E-state index contributed by atoms with van der Waals surface area (Å²) in [6.45, 7) is 0. The van der Waals surface area contributed by atoms with Crippen LogP contribution in [0.2, 0.25) is 0 Å². The molecule has 0 saturated heterocycles. The van der Waals surface area contributed by atoms with Gasteiger partial charge in [0.1, 0.15) is 0 Å². The number of halogens is 1. The third kappa shape index (κ3) is 12.0. The first-order valence-corrected chi connectivity index (χ1v) is 7.42. The average molecular weight is 294 g/mol. The molecule has 0 aliphatic rings. The summed E-state index contributed by atoms with van der Waals surface area (Å²) >= 11 is 3.43. The Bertz CT molecular complexity index is 165. The van der Waals surface area contributed by atoms with Crippen molar-refractivity contribution in [2.24, 2.45) is 0 Å². The van der Waals surface area contributed by atoms with E-state index in [4.69, 9.17) is 5.21 Å². The average Bonchev–Trinajstić information content (AvgIpc) is 2.31. The highest BCUT2D eigenvalue weighted by molar-refractivity contribution is 9.09. The Kier molecular flexibility index (Phi) is 12.9. The topological polar surface area (TPSA) is 49.3 Å². The maximum absolute atomic E-state index is 10.7. The molecule has 0 aliphatic heterocycles. The van der Waals surface area contributed by atoms with E-state index in [9.17, 15) is 4.79 Å². The molecule has 0 fully saturated rings. The fourth-order valence-corrected chi connectivity index (χ4v) is 2.07. The molecule has 0 bridgehead atoms. The standard InChI is InChI=1S/C12H24BrNO2/c13-11-9-7-5-3-1-2-4-6-8-10-12(15)14-16/h16H,1-11H2,(H,14,15). The second-order valence-electron chi connectivity index (χ2n) is 4.16. The number of hydroxylamine groups is 1. The third-order valence-electron chi connectivity index (χ3n) is 2.66. The molecule has 0 atom stereocenters. The van der Waals surface area contributed by atoms with Gasteiger partial charge in [0.15, 0.2) is 0 Å². The molecule has 0 aliphatic carbocycles. The summed E-state index contributed by atoms with van der Waals surface area (Å²) < 4.78 is 0. The Balaban J connectivity index is 2.96. The van der Waals surface area contributed by atoms with Crippen LogP contribution in [-0.2, 0) is 4.79 Å². The Hall–Kier alpha value is -0.0900. The normalized spacial score (nSPS) is 10.4. The van der Waals surface area contributed by atoms with E-state index in [0.717, 1.165) is 18.2 Å². The molecule has 1 amide bonds. The molecule has 4 heteroatoms. The van der Waals surface area contributed by atoms with Crippen molar-refractivity contribution in [1.29, 1.82) is 0 Å². The number of alkyl halides is 1. The minimum atomic E-state index is -0.269. The van der Waals surface area contributed by atoms with Crippen LogP contribution in [0.3, 0.4) is 0 Å². The minimum Gasteiger partial charge on any atom is -0.289 e. The van der Waals surface area contributed by atoms with Gasteiger partial charge in [0.2, 0.25) is 5.91 Å². The molecular weight excluding hydrogens is 270 g/mol. The minimum absolute atomic E-state index is 0.269. The van der Waals surface area contributed by atoms with Crippen molar-refractivity contribution in [3.63, 3.8) is 0 Å². The number of hydrogen-bond donors (Lipinski definition) is 2. The van der Waals surface area contributed by atoms with Crippen LogP contribution in [-0.4, -0.2) is 16.4 Å². The lowest BCUT2D eigenvalue weighted by atomic mass is 10.1. The van der Waals surface area contributed by atoms with Crippen LogP contribution in [0.4, 0.5) is 0 Å². The molecule has 16 heavy (non-hydrogen) atoms. The largest absolute Gasteiger partial charge is 0.289 e. The van der Waals surface area contributed by atoms with E-state index in [2.05, 4.69) is 15.9 Å². The number of amides is 1. The highest BCUT2D eigenvalue weighted by atomic mass is 79.9. The monoisotopic (exact) mass is 293 g/mol. The molecule has 0 heterocycles. The first-order chi connectivity index (χ1) is 7.81. The zero-order valence-corrected chi connectivity index (χ0v) is 11.6. The van der Waals surface area contributed by atoms with Gasteiger partial charge in [-0.25, -0.2) is 5.48 Å². The Morgan fingerprint density at radius 2 is 1.31 bits per heavy atom. The highest BCUT2D eigenvalue weighted by Crippen LogP contribution is 2.10. The van der Waals surface area contributed by atoms with Crippen molar-refractivity contribution in [3.8, 4) is 0 Å². The molecule has 0 aromatic rings. The third-order valence-corrected chi connectivity index (χ3v) is 3.22. The van der Waals surface area contributed by atoms with E-state index in [0.29, 0.717) is 6.42 Å². The second-order valence-corrected chi connectivity index (χ2v) is 4.95. The van der Waals surface area contributed by atoms with Gasteiger partial charge >= 0.3 is 0 Å². The van der Waals surface area contributed by atoms with E-state index in [1.54, 1.807) is 5.48 Å². The molecule has 3 nitrogen and oxygen atoms in total. The van der Waals surface area contributed by atoms with Crippen molar-refractivity contribution in [2.75, 3.05) is 5.33 Å². The summed E-state index contributed by atoms with van der Waals surface area (Å²) in [5.41, 5.74) is 1.65. The Morgan fingerprint density at radius 3 is 1.75 bits per heavy atom. The summed E-state index contributed by atoms with van der Waals surface area (Å²) in [4.78, 5) is 10.7. The zero-order chi connectivity index (χ0) is 12.1. The van der Waals surface area contributed by atoms with Crippen LogP contribution in [0.15, 0.2) is 0 Å². The molecule has 0 unspecified atom stereocenters. The van der Waals surface area contributed by atoms with Crippen LogP contribution in [0.5, 0.6) is 0 Å². The van der Waals surface area contributed by atoms with Crippen LogP contribution in [0, 0.1) is 0 Å². The van der Waals surface area contributed by atoms with Crippen LogP contribution < -0.4 is 5.48 Å². The van der Waals surface area contributed by atoms with Gasteiger partial charge in [-0.05, 0) is 12.8 Å². The summed E-state index contributed by atoms with van der Waals surface area (Å²) in [6, 6.07) is 0. The summed E-state index contributed by atoms with van der Waals surface area (Å²) in [7, 11) is 0. The predicted octanol–water partition coefficient (Wildman–Crippen LogP) is 3.79. The molecule has 96 valence electrons. The molecule has 2 N–H and O–H groups in total. The van der Waals surface area contributed by atoms with Gasteiger partial charge in [0.05, 0.1) is 0 Å². The van der Waals surface area contributed by atoms with Gasteiger partial charge in [0, 0.05) is 11.8 Å². The molecule has 0 rings (SSSR count). The van der Waals surface area contributed by atoms with Crippen LogP contribution in [0.25, 0.3) is 0 Å². The number of unbranched alkanes of at least 4 members (excludes halogenated alkanes) is 8. The van der Waals surface area contributed by atoms with Crippen molar-refractivity contribution in [1.82, 2.24) is 5.48 Å². The fourth-order valence-electron chi connectivity index (χ4n) is 1.67. The quantitative estimate of drug-likeness (QED) is 0.264. The molecule has 0 saturated carbocycles. The van der Waals surface area contributed by atoms with Gasteiger partial charge in [-0.3, -0.25) is 10.0 Å². The van der Waals surface area contributed by atoms with Crippen LogP contribution in [0.1, 0.15) is 64.2 Å². The number of rotatable bonds is 11. The predicted molar refractivity (Wildman–Crippen MR) is 69.9 cm³/mol. The van der Waals surface area contributed by atoms with Gasteiger partial charge in [0.25, 0.3) is 0 Å². The number of hydrogen-bond acceptors (Lipinski definition) is 2. The SMILES string of the molecule is O=C(CCCCCCCCCCCBr)NO. The molecule has 0 aromatic carbocycles. The van der Waals surface area contributed by atoms with E-state index in [1.807, 2.05) is 0 Å². The second kappa shape index (κ2) is 13.0. The van der Waals surface area contributed by atoms with Crippen molar-refractivity contribution >= 4 is 21.8 Å². The molecular formula is C12H24BrNO2. The van der Waals surface area contributed by atoms with Crippen molar-refractivity contribution in [2.45, 2.75) is 64.2 Å². The van der Waals surface area contributed by atoms with E-state index < -0.39 is 0 Å². The van der Waals surface area contributed by atoms with E-state index in [-0.39, 0.29) is 5.91 Å². The lowest BCUT2D eigenvalue weighted by molar-refractivity contribution is -0.129. The Morgan fingerprint density at radius 1 is 0.875 bits per heavy atom.